The third-order valence-electron chi connectivity index (χ3n) is 2.12. The SMILES string of the molecule is C=C(C)C(=O)O.C=C(C)C(=O)OC.NC(=O)Cc1ccccc1. The highest BCUT2D eigenvalue weighted by Crippen LogP contribution is 1.97. The van der Waals surface area contributed by atoms with Gasteiger partial charge in [-0.2, -0.15) is 0 Å². The molecule has 0 aliphatic heterocycles. The topological polar surface area (TPSA) is 107 Å². The molecule has 1 aromatic rings. The van der Waals surface area contributed by atoms with Gasteiger partial charge < -0.3 is 15.6 Å². The normalized spacial score (nSPS) is 8.30. The Balaban J connectivity index is 0. The quantitative estimate of drug-likeness (QED) is 0.652. The van der Waals surface area contributed by atoms with E-state index in [4.69, 9.17) is 10.8 Å². The van der Waals surface area contributed by atoms with E-state index in [1.807, 2.05) is 30.3 Å². The average molecular weight is 321 g/mol. The molecule has 1 rings (SSSR count). The first-order valence-corrected chi connectivity index (χ1v) is 6.56. The van der Waals surface area contributed by atoms with E-state index >= 15 is 0 Å². The van der Waals surface area contributed by atoms with Gasteiger partial charge in [0.2, 0.25) is 5.91 Å². The van der Waals surface area contributed by atoms with Crippen LogP contribution in [-0.2, 0) is 25.5 Å². The van der Waals surface area contributed by atoms with Crippen LogP contribution >= 0.6 is 0 Å². The zero-order valence-electron chi connectivity index (χ0n) is 13.7. The molecule has 0 fully saturated rings. The number of benzene rings is 1. The molecule has 0 aliphatic carbocycles. The fraction of sp³-hybridized carbons (Fsp3) is 0.235. The molecular formula is C17H23NO5. The fourth-order valence-electron chi connectivity index (χ4n) is 0.971. The Kier molecular flexibility index (Phi) is 12.5. The van der Waals surface area contributed by atoms with Crippen molar-refractivity contribution >= 4 is 17.8 Å². The Labute approximate surface area is 136 Å². The van der Waals surface area contributed by atoms with Crippen molar-refractivity contribution < 1.29 is 24.2 Å². The molecular weight excluding hydrogens is 298 g/mol. The van der Waals surface area contributed by atoms with Gasteiger partial charge >= 0.3 is 11.9 Å². The molecule has 6 nitrogen and oxygen atoms in total. The molecule has 0 atom stereocenters. The maximum atomic E-state index is 10.4. The van der Waals surface area contributed by atoms with Gasteiger partial charge in [0.15, 0.2) is 0 Å². The van der Waals surface area contributed by atoms with Crippen molar-refractivity contribution in [3.05, 3.63) is 60.2 Å². The Morgan fingerprint density at radius 3 is 1.74 bits per heavy atom. The molecule has 126 valence electrons. The van der Waals surface area contributed by atoms with Gasteiger partial charge in [-0.15, -0.1) is 0 Å². The number of rotatable bonds is 4. The number of methoxy groups -OCH3 is 1. The fourth-order valence-corrected chi connectivity index (χ4v) is 0.971. The Morgan fingerprint density at radius 2 is 1.52 bits per heavy atom. The number of carboxylic acids is 1. The van der Waals surface area contributed by atoms with Crippen LogP contribution < -0.4 is 5.73 Å². The minimum absolute atomic E-state index is 0.176. The lowest BCUT2D eigenvalue weighted by Crippen LogP contribution is -2.13. The number of primary amides is 1. The van der Waals surface area contributed by atoms with Crippen LogP contribution in [0.25, 0.3) is 0 Å². The van der Waals surface area contributed by atoms with Crippen molar-refractivity contribution in [2.75, 3.05) is 7.11 Å². The highest BCUT2D eigenvalue weighted by molar-refractivity contribution is 5.86. The summed E-state index contributed by atoms with van der Waals surface area (Å²) in [5, 5.41) is 7.89. The number of carbonyl (C=O) groups excluding carboxylic acids is 2. The number of amides is 1. The summed E-state index contributed by atoms with van der Waals surface area (Å²) in [6.45, 7) is 9.56. The van der Waals surface area contributed by atoms with Crippen LogP contribution in [0, 0.1) is 0 Å². The molecule has 0 heterocycles. The number of carboxylic acid groups (broad SMARTS) is 1. The highest BCUT2D eigenvalue weighted by atomic mass is 16.5. The second-order valence-corrected chi connectivity index (χ2v) is 4.49. The third kappa shape index (κ3) is 15.3. The standard InChI is InChI=1S/C8H9NO.C5H8O2.C4H6O2/c9-8(10)6-7-4-2-1-3-5-7;1-4(2)5(6)7-3;1-3(2)4(5)6/h1-5H,6H2,(H2,9,10);1H2,2-3H3;1H2,2H3,(H,5,6). The van der Waals surface area contributed by atoms with Crippen molar-refractivity contribution in [3.8, 4) is 0 Å². The number of esters is 1. The van der Waals surface area contributed by atoms with Crippen LogP contribution in [-0.4, -0.2) is 30.1 Å². The van der Waals surface area contributed by atoms with Crippen molar-refractivity contribution in [1.82, 2.24) is 0 Å². The number of nitrogens with two attached hydrogens (primary N) is 1. The summed E-state index contributed by atoms with van der Waals surface area (Å²) in [5.41, 5.74) is 6.56. The van der Waals surface area contributed by atoms with Crippen LogP contribution in [0.3, 0.4) is 0 Å². The highest BCUT2D eigenvalue weighted by Gasteiger charge is 1.95. The van der Waals surface area contributed by atoms with E-state index in [0.717, 1.165) is 5.56 Å². The van der Waals surface area contributed by atoms with Crippen LogP contribution in [0.15, 0.2) is 54.6 Å². The number of carbonyl (C=O) groups is 3. The molecule has 1 aromatic carbocycles. The first-order chi connectivity index (χ1) is 10.6. The van der Waals surface area contributed by atoms with Crippen LogP contribution in [0.2, 0.25) is 0 Å². The van der Waals surface area contributed by atoms with Crippen molar-refractivity contribution in [2.24, 2.45) is 5.73 Å². The van der Waals surface area contributed by atoms with Crippen LogP contribution in [0.1, 0.15) is 19.4 Å². The van der Waals surface area contributed by atoms with E-state index in [1.165, 1.54) is 14.0 Å². The van der Waals surface area contributed by atoms with Gasteiger partial charge in [0, 0.05) is 11.1 Å². The van der Waals surface area contributed by atoms with Crippen molar-refractivity contribution in [1.29, 1.82) is 0 Å². The van der Waals surface area contributed by atoms with Gasteiger partial charge in [0.05, 0.1) is 13.5 Å². The minimum atomic E-state index is -0.935. The van der Waals surface area contributed by atoms with E-state index in [9.17, 15) is 14.4 Å². The smallest absolute Gasteiger partial charge is 0.332 e. The predicted molar refractivity (Wildman–Crippen MR) is 88.6 cm³/mol. The molecule has 6 heteroatoms. The summed E-state index contributed by atoms with van der Waals surface area (Å²) >= 11 is 0. The zero-order chi connectivity index (χ0) is 18.4. The third-order valence-corrected chi connectivity index (χ3v) is 2.12. The molecule has 0 saturated heterocycles. The van der Waals surface area contributed by atoms with Crippen LogP contribution in [0.5, 0.6) is 0 Å². The first-order valence-electron chi connectivity index (χ1n) is 6.56. The summed E-state index contributed by atoms with van der Waals surface area (Å²) in [6, 6.07) is 9.44. The largest absolute Gasteiger partial charge is 0.478 e. The van der Waals surface area contributed by atoms with Crippen LogP contribution in [0.4, 0.5) is 0 Å². The summed E-state index contributed by atoms with van der Waals surface area (Å²) in [4.78, 5) is 30.2. The van der Waals surface area contributed by atoms with E-state index in [-0.39, 0.29) is 17.4 Å². The molecule has 0 radical (unpaired) electrons. The number of ether oxygens (including phenoxy) is 1. The molecule has 0 aliphatic rings. The number of hydrogen-bond acceptors (Lipinski definition) is 4. The summed E-state index contributed by atoms with van der Waals surface area (Å²) < 4.78 is 4.27. The predicted octanol–water partition coefficient (Wildman–Crippen LogP) is 2.10. The van der Waals surface area contributed by atoms with Gasteiger partial charge in [-0.1, -0.05) is 43.5 Å². The maximum Gasteiger partial charge on any atom is 0.332 e. The lowest BCUT2D eigenvalue weighted by molar-refractivity contribution is -0.136. The average Bonchev–Trinajstić information content (AvgIpc) is 2.47. The second kappa shape index (κ2) is 12.8. The molecule has 0 unspecified atom stereocenters. The molecule has 23 heavy (non-hydrogen) atoms. The molecule has 0 bridgehead atoms. The molecule has 0 spiro atoms. The lowest BCUT2D eigenvalue weighted by Gasteiger charge is -1.93. The molecule has 3 N–H and O–H groups in total. The lowest BCUT2D eigenvalue weighted by atomic mass is 10.1. The number of aliphatic carboxylic acids is 1. The molecule has 1 amide bonds. The first kappa shape index (κ1) is 22.4. The molecule has 0 aromatic heterocycles. The monoisotopic (exact) mass is 321 g/mol. The van der Waals surface area contributed by atoms with Crippen molar-refractivity contribution in [3.63, 3.8) is 0 Å². The van der Waals surface area contributed by atoms with Gasteiger partial charge in [0.1, 0.15) is 0 Å². The van der Waals surface area contributed by atoms with Gasteiger partial charge in [-0.3, -0.25) is 4.79 Å². The van der Waals surface area contributed by atoms with Gasteiger partial charge in [-0.25, -0.2) is 9.59 Å². The van der Waals surface area contributed by atoms with E-state index in [0.29, 0.717) is 12.0 Å². The summed E-state index contributed by atoms with van der Waals surface area (Å²) in [7, 11) is 1.33. The summed E-state index contributed by atoms with van der Waals surface area (Å²) in [6.07, 6.45) is 0.334. The minimum Gasteiger partial charge on any atom is -0.478 e. The Bertz CT molecular complexity index is 537. The second-order valence-electron chi connectivity index (χ2n) is 4.49. The number of hydrogen-bond donors (Lipinski definition) is 2. The van der Waals surface area contributed by atoms with Gasteiger partial charge in [-0.05, 0) is 19.4 Å². The van der Waals surface area contributed by atoms with Gasteiger partial charge in [0.25, 0.3) is 0 Å². The summed E-state index contributed by atoms with van der Waals surface area (Å²) in [5.74, 6) is -1.57. The van der Waals surface area contributed by atoms with Crippen molar-refractivity contribution in [2.45, 2.75) is 20.3 Å². The molecule has 0 saturated carbocycles. The van der Waals surface area contributed by atoms with E-state index in [1.54, 1.807) is 6.92 Å². The Morgan fingerprint density at radius 1 is 1.09 bits per heavy atom. The van der Waals surface area contributed by atoms with E-state index < -0.39 is 5.97 Å². The Hall–Kier alpha value is -2.89. The maximum absolute atomic E-state index is 10.4. The zero-order valence-corrected chi connectivity index (χ0v) is 13.7. The van der Waals surface area contributed by atoms with E-state index in [2.05, 4.69) is 17.9 Å².